The van der Waals surface area contributed by atoms with Crippen molar-refractivity contribution in [1.29, 1.82) is 5.26 Å². The second-order valence-electron chi connectivity index (χ2n) is 5.50. The third kappa shape index (κ3) is 5.14. The number of hydrogen-bond acceptors (Lipinski definition) is 7. The quantitative estimate of drug-likeness (QED) is 0.198. The molecule has 0 spiro atoms. The van der Waals surface area contributed by atoms with Gasteiger partial charge >= 0.3 is 0 Å². The van der Waals surface area contributed by atoms with E-state index in [-0.39, 0.29) is 22.7 Å². The molecule has 0 atom stereocenters. The lowest BCUT2D eigenvalue weighted by molar-refractivity contribution is -0.384. The Kier molecular flexibility index (Phi) is 7.38. The van der Waals surface area contributed by atoms with Gasteiger partial charge in [0.1, 0.15) is 17.4 Å². The largest absolute Gasteiger partial charge is 0.494 e. The maximum atomic E-state index is 12.5. The van der Waals surface area contributed by atoms with E-state index >= 15 is 0 Å². The molecule has 10 heteroatoms. The number of carbonyl (C=O) groups is 1. The van der Waals surface area contributed by atoms with Crippen LogP contribution < -0.4 is 19.5 Å². The average Bonchev–Trinajstić information content (AvgIpc) is 2.71. The van der Waals surface area contributed by atoms with Gasteiger partial charge in [-0.15, -0.1) is 0 Å². The second-order valence-corrected chi connectivity index (χ2v) is 6.67. The molecule has 2 rings (SSSR count). The zero-order chi connectivity index (χ0) is 21.6. The fraction of sp³-hybridized carbons (Fsp3) is 0.158. The molecule has 1 amide bonds. The van der Waals surface area contributed by atoms with Crippen LogP contribution in [0.1, 0.15) is 5.56 Å². The molecule has 0 bridgehead atoms. The van der Waals surface area contributed by atoms with Gasteiger partial charge in [0, 0.05) is 6.07 Å². The number of anilines is 1. The summed E-state index contributed by atoms with van der Waals surface area (Å²) in [7, 11) is 4.32. The van der Waals surface area contributed by atoms with Crippen LogP contribution in [0.15, 0.2) is 35.9 Å². The highest BCUT2D eigenvalue weighted by molar-refractivity contribution is 14.1. The van der Waals surface area contributed by atoms with Gasteiger partial charge in [0.15, 0.2) is 11.5 Å². The van der Waals surface area contributed by atoms with Gasteiger partial charge in [-0.25, -0.2) is 0 Å². The van der Waals surface area contributed by atoms with Crippen molar-refractivity contribution >= 4 is 45.9 Å². The number of nitrogens with zero attached hydrogens (tertiary/aromatic N) is 2. The normalized spacial score (nSPS) is 10.7. The van der Waals surface area contributed by atoms with Crippen LogP contribution in [0.2, 0.25) is 0 Å². The van der Waals surface area contributed by atoms with Crippen LogP contribution in [-0.4, -0.2) is 32.2 Å². The lowest BCUT2D eigenvalue weighted by Gasteiger charge is -2.11. The molecular formula is C19H16IN3O6. The van der Waals surface area contributed by atoms with Gasteiger partial charge in [-0.3, -0.25) is 14.9 Å². The fourth-order valence-corrected chi connectivity index (χ4v) is 3.27. The van der Waals surface area contributed by atoms with Crippen molar-refractivity contribution in [3.8, 4) is 23.3 Å². The molecule has 0 aliphatic rings. The van der Waals surface area contributed by atoms with E-state index in [4.69, 9.17) is 14.2 Å². The standard InChI is InChI=1S/C19H16IN3O6/c1-27-16-9-13(23(25)26)4-5-15(16)22-19(24)12(10-21)6-11-7-14(20)18(29-3)17(8-11)28-2/h4-9H,1-3H3,(H,22,24)/b12-6-. The minimum Gasteiger partial charge on any atom is -0.494 e. The molecule has 0 unspecified atom stereocenters. The zero-order valence-electron chi connectivity index (χ0n) is 15.7. The molecule has 1 N–H and O–H groups in total. The van der Waals surface area contributed by atoms with E-state index in [9.17, 15) is 20.2 Å². The van der Waals surface area contributed by atoms with E-state index in [0.29, 0.717) is 17.1 Å². The smallest absolute Gasteiger partial charge is 0.273 e. The van der Waals surface area contributed by atoms with Crippen molar-refractivity contribution < 1.29 is 23.9 Å². The van der Waals surface area contributed by atoms with E-state index in [1.54, 1.807) is 12.1 Å². The molecule has 0 saturated heterocycles. The van der Waals surface area contributed by atoms with Crippen molar-refractivity contribution in [2.24, 2.45) is 0 Å². The highest BCUT2D eigenvalue weighted by Gasteiger charge is 2.17. The van der Waals surface area contributed by atoms with Crippen molar-refractivity contribution in [2.75, 3.05) is 26.6 Å². The number of nitro benzene ring substituents is 1. The van der Waals surface area contributed by atoms with Gasteiger partial charge in [-0.1, -0.05) is 0 Å². The van der Waals surface area contributed by atoms with Crippen LogP contribution in [0.5, 0.6) is 17.2 Å². The number of methoxy groups -OCH3 is 3. The molecule has 2 aromatic carbocycles. The monoisotopic (exact) mass is 509 g/mol. The Morgan fingerprint density at radius 2 is 1.86 bits per heavy atom. The number of hydrogen-bond donors (Lipinski definition) is 1. The molecule has 0 fully saturated rings. The molecule has 150 valence electrons. The van der Waals surface area contributed by atoms with Gasteiger partial charge < -0.3 is 19.5 Å². The molecule has 2 aromatic rings. The Labute approximate surface area is 180 Å². The molecule has 0 radical (unpaired) electrons. The molecule has 0 heterocycles. The summed E-state index contributed by atoms with van der Waals surface area (Å²) in [6.45, 7) is 0. The third-order valence-corrected chi connectivity index (χ3v) is 4.58. The van der Waals surface area contributed by atoms with Crippen LogP contribution in [-0.2, 0) is 4.79 Å². The van der Waals surface area contributed by atoms with E-state index in [1.807, 2.05) is 6.07 Å². The first-order valence-electron chi connectivity index (χ1n) is 8.01. The summed E-state index contributed by atoms with van der Waals surface area (Å²) >= 11 is 2.06. The van der Waals surface area contributed by atoms with Gasteiger partial charge in [-0.05, 0) is 52.4 Å². The Bertz CT molecular complexity index is 1030. The first-order valence-corrected chi connectivity index (χ1v) is 9.09. The number of non-ortho nitro benzene ring substituents is 1. The van der Waals surface area contributed by atoms with Gasteiger partial charge in [0.05, 0.1) is 41.6 Å². The summed E-state index contributed by atoms with van der Waals surface area (Å²) in [6, 6.07) is 8.97. The Morgan fingerprint density at radius 3 is 2.41 bits per heavy atom. The summed E-state index contributed by atoms with van der Waals surface area (Å²) in [6.07, 6.45) is 1.40. The van der Waals surface area contributed by atoms with Crippen molar-refractivity contribution in [3.63, 3.8) is 0 Å². The summed E-state index contributed by atoms with van der Waals surface area (Å²) in [5.41, 5.74) is 0.407. The van der Waals surface area contributed by atoms with E-state index in [0.717, 1.165) is 3.57 Å². The summed E-state index contributed by atoms with van der Waals surface area (Å²) in [5.74, 6) is 0.416. The molecule has 0 aliphatic carbocycles. The van der Waals surface area contributed by atoms with Crippen LogP contribution in [0.4, 0.5) is 11.4 Å². The number of carbonyl (C=O) groups excluding carboxylic acids is 1. The lowest BCUT2D eigenvalue weighted by atomic mass is 10.1. The van der Waals surface area contributed by atoms with Crippen LogP contribution in [0, 0.1) is 25.0 Å². The lowest BCUT2D eigenvalue weighted by Crippen LogP contribution is -2.14. The Morgan fingerprint density at radius 1 is 1.17 bits per heavy atom. The molecule has 0 aliphatic heterocycles. The molecule has 0 saturated carbocycles. The first kappa shape index (κ1) is 22.0. The predicted octanol–water partition coefficient (Wildman–Crippen LogP) is 3.77. The van der Waals surface area contributed by atoms with Crippen molar-refractivity contribution in [3.05, 3.63) is 55.2 Å². The number of nitrogens with one attached hydrogen (secondary N) is 1. The second kappa shape index (κ2) is 9.74. The topological polar surface area (TPSA) is 124 Å². The minimum atomic E-state index is -0.690. The Balaban J connectivity index is 2.36. The number of nitro groups is 1. The summed E-state index contributed by atoms with van der Waals surface area (Å²) in [5, 5.41) is 22.8. The van der Waals surface area contributed by atoms with E-state index in [2.05, 4.69) is 27.9 Å². The fourth-order valence-electron chi connectivity index (χ4n) is 2.42. The molecule has 9 nitrogen and oxygen atoms in total. The average molecular weight is 509 g/mol. The highest BCUT2D eigenvalue weighted by atomic mass is 127. The maximum absolute atomic E-state index is 12.5. The summed E-state index contributed by atoms with van der Waals surface area (Å²) in [4.78, 5) is 22.8. The molecular weight excluding hydrogens is 493 g/mol. The van der Waals surface area contributed by atoms with Crippen LogP contribution in [0.25, 0.3) is 6.08 Å². The number of nitriles is 1. The Hall–Kier alpha value is -3.33. The number of amides is 1. The van der Waals surface area contributed by atoms with Gasteiger partial charge in [0.2, 0.25) is 0 Å². The maximum Gasteiger partial charge on any atom is 0.273 e. The highest BCUT2D eigenvalue weighted by Crippen LogP contribution is 2.34. The van der Waals surface area contributed by atoms with Crippen LogP contribution in [0.3, 0.4) is 0 Å². The molecule has 0 aromatic heterocycles. The first-order chi connectivity index (χ1) is 13.8. The number of benzene rings is 2. The van der Waals surface area contributed by atoms with Crippen molar-refractivity contribution in [2.45, 2.75) is 0 Å². The predicted molar refractivity (Wildman–Crippen MR) is 114 cm³/mol. The third-order valence-electron chi connectivity index (χ3n) is 3.78. The minimum absolute atomic E-state index is 0.102. The number of rotatable bonds is 7. The summed E-state index contributed by atoms with van der Waals surface area (Å²) < 4.78 is 16.4. The SMILES string of the molecule is COc1cc([N+](=O)[O-])ccc1NC(=O)/C(C#N)=C\c1cc(I)c(OC)c(OC)c1. The van der Waals surface area contributed by atoms with E-state index < -0.39 is 10.8 Å². The number of halogens is 1. The number of ether oxygens (including phenoxy) is 3. The van der Waals surface area contributed by atoms with Gasteiger partial charge in [-0.2, -0.15) is 5.26 Å². The van der Waals surface area contributed by atoms with Crippen LogP contribution >= 0.6 is 22.6 Å². The molecule has 29 heavy (non-hydrogen) atoms. The van der Waals surface area contributed by atoms with E-state index in [1.165, 1.54) is 45.6 Å². The van der Waals surface area contributed by atoms with Crippen molar-refractivity contribution in [1.82, 2.24) is 0 Å². The van der Waals surface area contributed by atoms with Gasteiger partial charge in [0.25, 0.3) is 11.6 Å². The zero-order valence-corrected chi connectivity index (χ0v) is 17.8.